The second-order valence-corrected chi connectivity index (χ2v) is 9.92. The van der Waals surface area contributed by atoms with Gasteiger partial charge in [-0.1, -0.05) is 29.4 Å². The number of benzene rings is 1. The fourth-order valence-corrected chi connectivity index (χ4v) is 6.02. The molecule has 0 atom stereocenters. The molecule has 0 bridgehead atoms. The average Bonchev–Trinajstić information content (AvgIpc) is 3.19. The maximum absolute atomic E-state index is 11.9. The number of hydrogen-bond donors (Lipinski definition) is 0. The zero-order chi connectivity index (χ0) is 22.6. The van der Waals surface area contributed by atoms with Crippen LogP contribution in [0.15, 0.2) is 28.8 Å². The number of ether oxygens (including phenoxy) is 1. The number of nitrogens with zero attached hydrogens (tertiary/aromatic N) is 4. The fraction of sp³-hybridized carbons (Fsp3) is 0.538. The lowest BCUT2D eigenvalue weighted by Gasteiger charge is -2.28. The molecule has 3 aromatic rings. The average molecular weight is 447 g/mol. The second-order valence-electron chi connectivity index (χ2n) is 9.92. The van der Waals surface area contributed by atoms with Crippen LogP contribution in [-0.4, -0.2) is 33.0 Å². The van der Waals surface area contributed by atoms with Gasteiger partial charge in [0.1, 0.15) is 0 Å². The van der Waals surface area contributed by atoms with Gasteiger partial charge in [-0.3, -0.25) is 9.48 Å². The molecule has 6 rings (SSSR count). The summed E-state index contributed by atoms with van der Waals surface area (Å²) >= 11 is 0. The van der Waals surface area contributed by atoms with Crippen LogP contribution in [0.3, 0.4) is 0 Å². The quantitative estimate of drug-likeness (QED) is 0.528. The highest BCUT2D eigenvalue weighted by Crippen LogP contribution is 2.53. The normalized spacial score (nSPS) is 23.3. The number of methoxy groups -OCH3 is 1. The van der Waals surface area contributed by atoms with E-state index in [0.717, 1.165) is 69.3 Å². The SMILES string of the molecule is COC(=O)C1CCC(n2nc(-c3nc(C4(c5ccccc5C)CC4)no3)c3c2CCC3)CC1. The summed E-state index contributed by atoms with van der Waals surface area (Å²) in [4.78, 5) is 16.8. The van der Waals surface area contributed by atoms with Crippen LogP contribution in [-0.2, 0) is 27.8 Å². The van der Waals surface area contributed by atoms with E-state index in [0.29, 0.717) is 11.9 Å². The monoisotopic (exact) mass is 446 g/mol. The lowest BCUT2D eigenvalue weighted by Crippen LogP contribution is -2.25. The lowest BCUT2D eigenvalue weighted by atomic mass is 9.86. The van der Waals surface area contributed by atoms with Crippen molar-refractivity contribution in [1.82, 2.24) is 19.9 Å². The van der Waals surface area contributed by atoms with Gasteiger partial charge in [0.15, 0.2) is 11.5 Å². The fourth-order valence-electron chi connectivity index (χ4n) is 6.02. The van der Waals surface area contributed by atoms with E-state index in [9.17, 15) is 4.79 Å². The van der Waals surface area contributed by atoms with Crippen LogP contribution in [0.25, 0.3) is 11.6 Å². The number of fused-ring (bicyclic) bond motifs is 1. The van der Waals surface area contributed by atoms with E-state index in [1.165, 1.54) is 29.5 Å². The van der Waals surface area contributed by atoms with Crippen molar-refractivity contribution < 1.29 is 14.1 Å². The number of hydrogen-bond acceptors (Lipinski definition) is 6. The highest BCUT2D eigenvalue weighted by atomic mass is 16.5. The molecule has 7 nitrogen and oxygen atoms in total. The molecule has 3 aliphatic carbocycles. The molecule has 0 N–H and O–H groups in total. The van der Waals surface area contributed by atoms with Crippen molar-refractivity contribution in [1.29, 1.82) is 0 Å². The van der Waals surface area contributed by atoms with Crippen molar-refractivity contribution in [3.05, 3.63) is 52.5 Å². The Bertz CT molecular complexity index is 1200. The van der Waals surface area contributed by atoms with E-state index in [2.05, 4.69) is 41.0 Å². The van der Waals surface area contributed by atoms with E-state index < -0.39 is 0 Å². The summed E-state index contributed by atoms with van der Waals surface area (Å²) in [7, 11) is 1.48. The van der Waals surface area contributed by atoms with Gasteiger partial charge in [-0.25, -0.2) is 0 Å². The van der Waals surface area contributed by atoms with Crippen molar-refractivity contribution >= 4 is 5.97 Å². The zero-order valence-corrected chi connectivity index (χ0v) is 19.3. The topological polar surface area (TPSA) is 83.0 Å². The highest BCUT2D eigenvalue weighted by molar-refractivity contribution is 5.72. The molecule has 0 saturated heterocycles. The Morgan fingerprint density at radius 2 is 1.94 bits per heavy atom. The molecule has 3 aliphatic rings. The van der Waals surface area contributed by atoms with Crippen molar-refractivity contribution in [2.24, 2.45) is 5.92 Å². The molecule has 2 aromatic heterocycles. The Morgan fingerprint density at radius 3 is 2.67 bits per heavy atom. The molecule has 0 unspecified atom stereocenters. The van der Waals surface area contributed by atoms with E-state index in [4.69, 9.17) is 19.3 Å². The van der Waals surface area contributed by atoms with E-state index >= 15 is 0 Å². The van der Waals surface area contributed by atoms with Gasteiger partial charge in [0, 0.05) is 11.3 Å². The molecule has 1 aromatic carbocycles. The maximum atomic E-state index is 11.9. The number of aryl methyl sites for hydroxylation is 1. The summed E-state index contributed by atoms with van der Waals surface area (Å²) in [6, 6.07) is 8.82. The molecule has 7 heteroatoms. The summed E-state index contributed by atoms with van der Waals surface area (Å²) in [5.41, 5.74) is 5.89. The summed E-state index contributed by atoms with van der Waals surface area (Å²) < 4.78 is 13.0. The maximum Gasteiger partial charge on any atom is 0.308 e. The number of carbonyl (C=O) groups is 1. The first kappa shape index (κ1) is 20.6. The van der Waals surface area contributed by atoms with Crippen molar-refractivity contribution in [3.63, 3.8) is 0 Å². The minimum absolute atomic E-state index is 0.0176. The largest absolute Gasteiger partial charge is 0.469 e. The van der Waals surface area contributed by atoms with E-state index in [1.54, 1.807) is 0 Å². The number of carbonyl (C=O) groups excluding carboxylic acids is 1. The van der Waals surface area contributed by atoms with Crippen molar-refractivity contribution in [2.75, 3.05) is 7.11 Å². The minimum Gasteiger partial charge on any atom is -0.469 e. The van der Waals surface area contributed by atoms with E-state index in [1.807, 2.05) is 0 Å². The van der Waals surface area contributed by atoms with Gasteiger partial charge in [-0.15, -0.1) is 0 Å². The van der Waals surface area contributed by atoms with Crippen molar-refractivity contribution in [2.45, 2.75) is 76.2 Å². The first-order chi connectivity index (χ1) is 16.1. The third-order valence-electron chi connectivity index (χ3n) is 8.00. The first-order valence-electron chi connectivity index (χ1n) is 12.2. The lowest BCUT2D eigenvalue weighted by molar-refractivity contribution is -0.146. The molecule has 172 valence electrons. The van der Waals surface area contributed by atoms with Gasteiger partial charge in [0.2, 0.25) is 0 Å². The molecular weight excluding hydrogens is 416 g/mol. The second kappa shape index (κ2) is 7.82. The third-order valence-corrected chi connectivity index (χ3v) is 8.00. The van der Waals surface area contributed by atoms with Gasteiger partial charge in [-0.05, 0) is 75.8 Å². The molecule has 0 aliphatic heterocycles. The van der Waals surface area contributed by atoms with Gasteiger partial charge >= 0.3 is 5.97 Å². The number of esters is 1. The summed E-state index contributed by atoms with van der Waals surface area (Å²) in [5, 5.41) is 9.47. The third kappa shape index (κ3) is 3.31. The summed E-state index contributed by atoms with van der Waals surface area (Å²) in [6.45, 7) is 2.15. The summed E-state index contributed by atoms with van der Waals surface area (Å²) in [6.07, 6.45) is 8.86. The minimum atomic E-state index is -0.120. The molecular formula is C26H30N4O3. The standard InChI is InChI=1S/C26H30N4O3/c1-16-6-3-4-8-20(16)26(14-15-26)25-27-23(33-29-25)22-19-7-5-9-21(19)30(28-22)18-12-10-17(11-13-18)24(31)32-2/h3-4,6,8,17-18H,5,7,9-15H2,1-2H3. The first-order valence-corrected chi connectivity index (χ1v) is 12.2. The van der Waals surface area contributed by atoms with Crippen LogP contribution in [0.2, 0.25) is 0 Å². The van der Waals surface area contributed by atoms with Crippen molar-refractivity contribution in [3.8, 4) is 11.6 Å². The van der Waals surface area contributed by atoms with Crippen LogP contribution in [0.1, 0.15) is 79.2 Å². The molecule has 2 heterocycles. The van der Waals surface area contributed by atoms with Gasteiger partial charge in [-0.2, -0.15) is 10.1 Å². The van der Waals surface area contributed by atoms with Crippen LogP contribution in [0.5, 0.6) is 0 Å². The van der Waals surface area contributed by atoms with Gasteiger partial charge < -0.3 is 9.26 Å². The number of rotatable bonds is 5. The van der Waals surface area contributed by atoms with Gasteiger partial charge in [0.05, 0.1) is 24.5 Å². The molecule has 0 amide bonds. The van der Waals surface area contributed by atoms with Crippen LogP contribution >= 0.6 is 0 Å². The summed E-state index contributed by atoms with van der Waals surface area (Å²) in [5.74, 6) is 1.27. The predicted octanol–water partition coefficient (Wildman–Crippen LogP) is 4.71. The molecule has 0 radical (unpaired) electrons. The Balaban J connectivity index is 1.29. The molecule has 0 spiro atoms. The number of aromatic nitrogens is 4. The zero-order valence-electron chi connectivity index (χ0n) is 19.3. The van der Waals surface area contributed by atoms with Gasteiger partial charge in [0.25, 0.3) is 5.89 Å². The van der Waals surface area contributed by atoms with E-state index in [-0.39, 0.29) is 17.3 Å². The molecule has 2 fully saturated rings. The molecule has 33 heavy (non-hydrogen) atoms. The smallest absolute Gasteiger partial charge is 0.308 e. The Labute approximate surface area is 193 Å². The predicted molar refractivity (Wildman–Crippen MR) is 122 cm³/mol. The van der Waals surface area contributed by atoms with Crippen LogP contribution < -0.4 is 0 Å². The Hall–Kier alpha value is -2.96. The Morgan fingerprint density at radius 1 is 1.15 bits per heavy atom. The molecule has 2 saturated carbocycles. The Kier molecular flexibility index (Phi) is 4.89. The van der Waals surface area contributed by atoms with Crippen LogP contribution in [0, 0.1) is 12.8 Å². The van der Waals surface area contributed by atoms with Crippen LogP contribution in [0.4, 0.5) is 0 Å². The highest BCUT2D eigenvalue weighted by Gasteiger charge is 2.51.